The highest BCUT2D eigenvalue weighted by atomic mass is 19.1. The first kappa shape index (κ1) is 22.3. The molecule has 0 bridgehead atoms. The molecule has 10 heteroatoms. The highest BCUT2D eigenvalue weighted by Gasteiger charge is 2.28. The predicted molar refractivity (Wildman–Crippen MR) is 121 cm³/mol. The Morgan fingerprint density at radius 1 is 1.00 bits per heavy atom. The van der Waals surface area contributed by atoms with Gasteiger partial charge in [-0.25, -0.2) is 18.7 Å². The van der Waals surface area contributed by atoms with E-state index in [1.165, 1.54) is 31.4 Å². The van der Waals surface area contributed by atoms with Gasteiger partial charge in [-0.2, -0.15) is 4.98 Å². The van der Waals surface area contributed by atoms with Crippen molar-refractivity contribution in [3.63, 3.8) is 0 Å². The molecule has 6 rings (SSSR count). The van der Waals surface area contributed by atoms with Crippen LogP contribution in [-0.4, -0.2) is 51.5 Å². The number of fused-ring (bicyclic) bond motifs is 1. The molecule has 1 saturated heterocycles. The predicted octanol–water partition coefficient (Wildman–Crippen LogP) is 4.37. The van der Waals surface area contributed by atoms with Crippen LogP contribution in [0.2, 0.25) is 0 Å². The monoisotopic (exact) mass is 466 g/mol. The number of nitrogens with zero attached hydrogens (tertiary/aromatic N) is 6. The third-order valence-electron chi connectivity index (χ3n) is 5.90. The fourth-order valence-corrected chi connectivity index (χ4v) is 3.71. The topological polar surface area (TPSA) is 90.1 Å². The van der Waals surface area contributed by atoms with Crippen molar-refractivity contribution >= 4 is 17.0 Å². The molecule has 2 aliphatic rings. The molecule has 0 amide bonds. The number of benzene rings is 1. The molecule has 4 aromatic rings. The molecule has 4 heterocycles. The average molecular weight is 466 g/mol. The standard InChI is InChI=1S/C19H18F2N4O.C5H6N2O/c1-11-9-15-17(14-4-3-13(20)10-16(14)21)23-19(24-18(15)22-12(11)2)25-5-7-26-8-6-25;1-2-4(1)5-7-6-3-8-5/h3-4,9-10H,5-8H2,1-2H3;3-4H,1-2H2. The van der Waals surface area contributed by atoms with Gasteiger partial charge in [-0.3, -0.25) is 0 Å². The summed E-state index contributed by atoms with van der Waals surface area (Å²) in [7, 11) is 0. The molecule has 0 spiro atoms. The second-order valence-corrected chi connectivity index (χ2v) is 8.41. The van der Waals surface area contributed by atoms with Crippen molar-refractivity contribution in [1.29, 1.82) is 0 Å². The van der Waals surface area contributed by atoms with Gasteiger partial charge in [0.2, 0.25) is 18.2 Å². The summed E-state index contributed by atoms with van der Waals surface area (Å²) in [6.07, 6.45) is 3.83. The van der Waals surface area contributed by atoms with E-state index in [1.54, 1.807) is 0 Å². The fraction of sp³-hybridized carbons (Fsp3) is 0.375. The number of halogens is 2. The van der Waals surface area contributed by atoms with Gasteiger partial charge in [-0.1, -0.05) is 0 Å². The van der Waals surface area contributed by atoms with Crippen molar-refractivity contribution in [3.8, 4) is 11.3 Å². The molecular weight excluding hydrogens is 442 g/mol. The van der Waals surface area contributed by atoms with Crippen LogP contribution in [0.5, 0.6) is 0 Å². The summed E-state index contributed by atoms with van der Waals surface area (Å²) in [5.74, 6) is 0.608. The summed E-state index contributed by atoms with van der Waals surface area (Å²) >= 11 is 0. The van der Waals surface area contributed by atoms with Gasteiger partial charge in [0.15, 0.2) is 5.65 Å². The zero-order valence-electron chi connectivity index (χ0n) is 19.0. The van der Waals surface area contributed by atoms with Gasteiger partial charge in [-0.05, 0) is 50.5 Å². The zero-order chi connectivity index (χ0) is 23.7. The summed E-state index contributed by atoms with van der Waals surface area (Å²) in [5.41, 5.74) is 2.98. The van der Waals surface area contributed by atoms with Crippen LogP contribution in [0.4, 0.5) is 14.7 Å². The van der Waals surface area contributed by atoms with E-state index in [-0.39, 0.29) is 5.56 Å². The highest BCUT2D eigenvalue weighted by Crippen LogP contribution is 2.38. The number of aryl methyl sites for hydroxylation is 2. The van der Waals surface area contributed by atoms with Crippen molar-refractivity contribution in [1.82, 2.24) is 25.1 Å². The molecule has 176 valence electrons. The third kappa shape index (κ3) is 4.72. The first-order valence-corrected chi connectivity index (χ1v) is 11.2. The van der Waals surface area contributed by atoms with Crippen molar-refractivity contribution in [2.24, 2.45) is 0 Å². The third-order valence-corrected chi connectivity index (χ3v) is 5.90. The molecule has 1 saturated carbocycles. The van der Waals surface area contributed by atoms with Gasteiger partial charge in [-0.15, -0.1) is 10.2 Å². The number of hydrogen-bond donors (Lipinski definition) is 0. The lowest BCUT2D eigenvalue weighted by Crippen LogP contribution is -2.37. The Morgan fingerprint density at radius 2 is 1.79 bits per heavy atom. The second-order valence-electron chi connectivity index (χ2n) is 8.41. The lowest BCUT2D eigenvalue weighted by molar-refractivity contribution is 0.122. The number of pyridine rings is 1. The molecule has 0 N–H and O–H groups in total. The molecular formula is C24H24F2N6O2. The molecule has 0 unspecified atom stereocenters. The summed E-state index contributed by atoms with van der Waals surface area (Å²) in [6.45, 7) is 6.32. The largest absolute Gasteiger partial charge is 0.428 e. The number of rotatable bonds is 3. The van der Waals surface area contributed by atoms with Crippen molar-refractivity contribution in [2.45, 2.75) is 32.6 Å². The Bertz CT molecular complexity index is 1300. The highest BCUT2D eigenvalue weighted by molar-refractivity contribution is 5.92. The molecule has 2 fully saturated rings. The van der Waals surface area contributed by atoms with E-state index in [0.717, 1.165) is 23.2 Å². The Hall–Kier alpha value is -3.53. The summed E-state index contributed by atoms with van der Waals surface area (Å²) < 4.78 is 38.1. The van der Waals surface area contributed by atoms with Crippen molar-refractivity contribution < 1.29 is 17.9 Å². The number of aromatic nitrogens is 5. The minimum absolute atomic E-state index is 0.235. The number of hydrogen-bond acceptors (Lipinski definition) is 8. The first-order chi connectivity index (χ1) is 16.5. The molecule has 34 heavy (non-hydrogen) atoms. The van der Waals surface area contributed by atoms with Gasteiger partial charge in [0, 0.05) is 41.7 Å². The Labute approximate surface area is 195 Å². The molecule has 1 aromatic carbocycles. The molecule has 1 aliphatic heterocycles. The van der Waals surface area contributed by atoms with Gasteiger partial charge in [0.1, 0.15) is 11.6 Å². The van der Waals surface area contributed by atoms with E-state index in [2.05, 4.69) is 25.1 Å². The van der Waals surface area contributed by atoms with E-state index in [9.17, 15) is 8.78 Å². The van der Waals surface area contributed by atoms with Crippen LogP contribution in [0.25, 0.3) is 22.3 Å². The first-order valence-electron chi connectivity index (χ1n) is 11.2. The lowest BCUT2D eigenvalue weighted by Gasteiger charge is -2.27. The number of anilines is 1. The van der Waals surface area contributed by atoms with Crippen LogP contribution in [0.1, 0.15) is 35.9 Å². The quantitative estimate of drug-likeness (QED) is 0.440. The molecule has 3 aromatic heterocycles. The lowest BCUT2D eigenvalue weighted by atomic mass is 10.1. The van der Waals surface area contributed by atoms with Crippen LogP contribution >= 0.6 is 0 Å². The normalized spacial score (nSPS) is 15.8. The van der Waals surface area contributed by atoms with Crippen LogP contribution in [0, 0.1) is 25.5 Å². The maximum absolute atomic E-state index is 14.5. The van der Waals surface area contributed by atoms with Crippen LogP contribution in [-0.2, 0) is 4.74 Å². The molecule has 0 atom stereocenters. The number of ether oxygens (including phenoxy) is 1. The minimum atomic E-state index is -0.656. The Balaban J connectivity index is 0.000000252. The van der Waals surface area contributed by atoms with Gasteiger partial charge >= 0.3 is 0 Å². The second kappa shape index (κ2) is 9.38. The Kier molecular flexibility index (Phi) is 6.14. The minimum Gasteiger partial charge on any atom is -0.428 e. The van der Waals surface area contributed by atoms with E-state index in [4.69, 9.17) is 9.15 Å². The van der Waals surface area contributed by atoms with E-state index in [1.807, 2.05) is 24.8 Å². The zero-order valence-corrected chi connectivity index (χ0v) is 19.0. The van der Waals surface area contributed by atoms with Gasteiger partial charge in [0.25, 0.3) is 0 Å². The van der Waals surface area contributed by atoms with Crippen LogP contribution in [0.3, 0.4) is 0 Å². The van der Waals surface area contributed by atoms with Crippen molar-refractivity contribution in [3.05, 3.63) is 59.4 Å². The van der Waals surface area contributed by atoms with Crippen LogP contribution < -0.4 is 4.90 Å². The summed E-state index contributed by atoms with van der Waals surface area (Å²) in [4.78, 5) is 15.7. The van der Waals surface area contributed by atoms with E-state index < -0.39 is 11.6 Å². The summed E-state index contributed by atoms with van der Waals surface area (Å²) in [6, 6.07) is 5.41. The van der Waals surface area contributed by atoms with E-state index >= 15 is 0 Å². The molecule has 8 nitrogen and oxygen atoms in total. The SMILES string of the molecule is Cc1cc2c(-c3ccc(F)cc3F)nc(N3CCOCC3)nc2nc1C.c1nnc(C2CC2)o1. The van der Waals surface area contributed by atoms with Gasteiger partial charge in [0.05, 0.1) is 18.9 Å². The van der Waals surface area contributed by atoms with E-state index in [0.29, 0.717) is 54.9 Å². The molecule has 1 aliphatic carbocycles. The average Bonchev–Trinajstić information content (AvgIpc) is 3.54. The fourth-order valence-electron chi connectivity index (χ4n) is 3.71. The smallest absolute Gasteiger partial charge is 0.228 e. The summed E-state index contributed by atoms with van der Waals surface area (Å²) in [5, 5.41) is 7.98. The maximum atomic E-state index is 14.5. The number of morpholine rings is 1. The maximum Gasteiger partial charge on any atom is 0.228 e. The Morgan fingerprint density at radius 3 is 2.47 bits per heavy atom. The molecule has 0 radical (unpaired) electrons. The van der Waals surface area contributed by atoms with Crippen molar-refractivity contribution in [2.75, 3.05) is 31.2 Å². The van der Waals surface area contributed by atoms with Crippen LogP contribution in [0.15, 0.2) is 35.1 Å². The van der Waals surface area contributed by atoms with Gasteiger partial charge < -0.3 is 14.1 Å².